The van der Waals surface area contributed by atoms with Gasteiger partial charge in [0.1, 0.15) is 11.3 Å². The minimum absolute atomic E-state index is 0.0583. The summed E-state index contributed by atoms with van der Waals surface area (Å²) in [6, 6.07) is 20.6. The number of hydrogen-bond donors (Lipinski definition) is 2. The summed E-state index contributed by atoms with van der Waals surface area (Å²) in [7, 11) is 0. The molecule has 6 rings (SSSR count). The van der Waals surface area contributed by atoms with Crippen molar-refractivity contribution >= 4 is 11.7 Å². The van der Waals surface area contributed by atoms with Crippen LogP contribution in [0.2, 0.25) is 0 Å². The second-order valence-electron chi connectivity index (χ2n) is 11.1. The number of carbonyl (C=O) groups excluding carboxylic acids is 2. The average molecular weight is 460 g/mol. The highest BCUT2D eigenvalue weighted by Gasteiger charge is 2.68. The quantitative estimate of drug-likeness (QED) is 0.631. The fraction of sp³-hybridized carbons (Fsp3) is 0.517. The average Bonchev–Trinajstić information content (AvgIpc) is 3.13. The lowest BCUT2D eigenvalue weighted by Gasteiger charge is -2.59. The maximum atomic E-state index is 14.0. The fourth-order valence-corrected chi connectivity index (χ4v) is 7.13. The lowest BCUT2D eigenvalue weighted by molar-refractivity contribution is -0.147. The third-order valence-electron chi connectivity index (χ3n) is 8.35. The molecule has 6 unspecified atom stereocenters. The van der Waals surface area contributed by atoms with Gasteiger partial charge in [-0.05, 0) is 42.7 Å². The zero-order valence-electron chi connectivity index (χ0n) is 20.5. The first-order valence-corrected chi connectivity index (χ1v) is 12.8. The van der Waals surface area contributed by atoms with E-state index in [0.29, 0.717) is 18.4 Å². The summed E-state index contributed by atoms with van der Waals surface area (Å²) >= 11 is 0. The molecule has 3 heterocycles. The van der Waals surface area contributed by atoms with Crippen molar-refractivity contribution in [2.45, 2.75) is 64.3 Å². The Morgan fingerprint density at radius 3 is 2.32 bits per heavy atom. The molecule has 1 amide bonds. The summed E-state index contributed by atoms with van der Waals surface area (Å²) < 4.78 is 0. The number of benzene rings is 2. The van der Waals surface area contributed by atoms with Crippen molar-refractivity contribution in [1.82, 2.24) is 15.5 Å². The molecular formula is C29H37N3O2. The summed E-state index contributed by atoms with van der Waals surface area (Å²) in [6.45, 7) is 8.51. The molecule has 2 aromatic rings. The van der Waals surface area contributed by atoms with Gasteiger partial charge in [-0.25, -0.2) is 0 Å². The molecule has 34 heavy (non-hydrogen) atoms. The van der Waals surface area contributed by atoms with Crippen LogP contribution >= 0.6 is 0 Å². The number of ketones is 1. The minimum atomic E-state index is -0.703. The monoisotopic (exact) mass is 459 g/mol. The van der Waals surface area contributed by atoms with Gasteiger partial charge in [-0.15, -0.1) is 0 Å². The molecule has 1 aliphatic carbocycles. The molecule has 1 saturated carbocycles. The van der Waals surface area contributed by atoms with Crippen LogP contribution in [-0.4, -0.2) is 40.8 Å². The first kappa shape index (κ1) is 23.3. The van der Waals surface area contributed by atoms with E-state index in [-0.39, 0.29) is 35.6 Å². The Bertz CT molecular complexity index is 1020. The summed E-state index contributed by atoms with van der Waals surface area (Å²) in [5.41, 5.74) is 1.68. The molecule has 2 aromatic carbocycles. The molecule has 3 saturated heterocycles. The Morgan fingerprint density at radius 1 is 1.06 bits per heavy atom. The molecule has 5 nitrogen and oxygen atoms in total. The number of fused-ring (bicyclic) bond motifs is 1. The third-order valence-corrected chi connectivity index (χ3v) is 8.35. The normalized spacial score (nSPS) is 32.2. The van der Waals surface area contributed by atoms with E-state index >= 15 is 0 Å². The van der Waals surface area contributed by atoms with Crippen LogP contribution in [0.4, 0.5) is 0 Å². The number of piperidine rings is 2. The largest absolute Gasteiger partial charge is 0.350 e. The number of nitrogens with zero attached hydrogens (tertiary/aromatic N) is 1. The summed E-state index contributed by atoms with van der Waals surface area (Å²) in [4.78, 5) is 29.4. The van der Waals surface area contributed by atoms with Crippen molar-refractivity contribution in [3.8, 4) is 0 Å². The minimum Gasteiger partial charge on any atom is -0.350 e. The van der Waals surface area contributed by atoms with E-state index in [1.165, 1.54) is 5.56 Å². The Morgan fingerprint density at radius 2 is 1.71 bits per heavy atom. The lowest BCUT2D eigenvalue weighted by Crippen LogP contribution is -2.78. The zero-order valence-corrected chi connectivity index (χ0v) is 20.5. The number of amides is 1. The van der Waals surface area contributed by atoms with Gasteiger partial charge in [0.2, 0.25) is 5.91 Å². The standard InChI is InChI=1S/C29H37N3O2/c1-19(2)14-24-27-25-23(18-32(27)17-22-12-8-5-9-13-22)15-29(24,31-26(25)20(3)33)28(34)30-16-21-10-6-4-7-11-21/h4-13,19,23-27,31H,14-18H2,1-3H3,(H,30,34). The second kappa shape index (κ2) is 9.27. The van der Waals surface area contributed by atoms with E-state index in [9.17, 15) is 9.59 Å². The number of carbonyl (C=O) groups is 2. The summed E-state index contributed by atoms with van der Waals surface area (Å²) in [5, 5.41) is 6.90. The maximum absolute atomic E-state index is 14.0. The van der Waals surface area contributed by atoms with Crippen LogP contribution in [0, 0.1) is 23.7 Å². The summed E-state index contributed by atoms with van der Waals surface area (Å²) in [5.74, 6) is 1.49. The first-order valence-electron chi connectivity index (χ1n) is 12.8. The first-order chi connectivity index (χ1) is 16.4. The molecule has 0 aromatic heterocycles. The van der Waals surface area contributed by atoms with Crippen molar-refractivity contribution in [3.05, 3.63) is 71.8 Å². The SMILES string of the molecule is CC(=O)C1NC2(C(=O)NCc3ccccc3)CC3CN(Cc4ccccc4)C(C31)C2CC(C)C. The van der Waals surface area contributed by atoms with Crippen LogP contribution < -0.4 is 10.6 Å². The molecule has 4 bridgehead atoms. The Balaban J connectivity index is 1.48. The molecule has 5 heteroatoms. The summed E-state index contributed by atoms with van der Waals surface area (Å²) in [6.07, 6.45) is 1.77. The molecule has 3 aliphatic heterocycles. The van der Waals surface area contributed by atoms with Crippen molar-refractivity contribution in [2.75, 3.05) is 6.54 Å². The van der Waals surface area contributed by atoms with Crippen LogP contribution in [0.25, 0.3) is 0 Å². The second-order valence-corrected chi connectivity index (χ2v) is 11.1. The van der Waals surface area contributed by atoms with Crippen LogP contribution in [0.15, 0.2) is 60.7 Å². The molecule has 6 atom stereocenters. The van der Waals surface area contributed by atoms with Gasteiger partial charge in [0.25, 0.3) is 0 Å². The highest BCUT2D eigenvalue weighted by molar-refractivity contribution is 5.90. The van der Waals surface area contributed by atoms with Crippen LogP contribution in [0.1, 0.15) is 44.7 Å². The van der Waals surface area contributed by atoms with Gasteiger partial charge in [-0.2, -0.15) is 0 Å². The molecule has 0 radical (unpaired) electrons. The van der Waals surface area contributed by atoms with Gasteiger partial charge in [-0.1, -0.05) is 74.5 Å². The van der Waals surface area contributed by atoms with Gasteiger partial charge >= 0.3 is 0 Å². The van der Waals surface area contributed by atoms with E-state index in [1.807, 2.05) is 30.3 Å². The van der Waals surface area contributed by atoms with E-state index < -0.39 is 5.54 Å². The van der Waals surface area contributed by atoms with Gasteiger partial charge < -0.3 is 5.32 Å². The lowest BCUT2D eigenvalue weighted by atomic mass is 9.55. The fourth-order valence-electron chi connectivity index (χ4n) is 7.13. The number of hydrogen-bond acceptors (Lipinski definition) is 4. The van der Waals surface area contributed by atoms with Gasteiger partial charge in [-0.3, -0.25) is 19.8 Å². The highest BCUT2D eigenvalue weighted by Crippen LogP contribution is 2.56. The third kappa shape index (κ3) is 4.09. The Hall–Kier alpha value is -2.50. The van der Waals surface area contributed by atoms with E-state index in [4.69, 9.17) is 0 Å². The molecule has 4 aliphatic rings. The maximum Gasteiger partial charge on any atom is 0.240 e. The van der Waals surface area contributed by atoms with Gasteiger partial charge in [0.05, 0.1) is 6.04 Å². The van der Waals surface area contributed by atoms with Crippen molar-refractivity contribution < 1.29 is 9.59 Å². The molecular weight excluding hydrogens is 422 g/mol. The van der Waals surface area contributed by atoms with E-state index in [2.05, 4.69) is 59.7 Å². The van der Waals surface area contributed by atoms with Crippen molar-refractivity contribution in [2.24, 2.45) is 23.7 Å². The number of rotatable bonds is 8. The predicted molar refractivity (Wildman–Crippen MR) is 134 cm³/mol. The van der Waals surface area contributed by atoms with Crippen molar-refractivity contribution in [3.63, 3.8) is 0 Å². The van der Waals surface area contributed by atoms with Crippen LogP contribution in [0.5, 0.6) is 0 Å². The van der Waals surface area contributed by atoms with Crippen LogP contribution in [0.3, 0.4) is 0 Å². The number of Topliss-reactive ketones (excluding diaryl/α,β-unsaturated/α-hetero) is 1. The molecule has 180 valence electrons. The zero-order chi connectivity index (χ0) is 23.9. The predicted octanol–water partition coefficient (Wildman–Crippen LogP) is 3.79. The Kier molecular flexibility index (Phi) is 6.34. The van der Waals surface area contributed by atoms with E-state index in [0.717, 1.165) is 31.5 Å². The smallest absolute Gasteiger partial charge is 0.240 e. The van der Waals surface area contributed by atoms with E-state index in [1.54, 1.807) is 6.92 Å². The molecule has 2 N–H and O–H groups in total. The van der Waals surface area contributed by atoms with Gasteiger partial charge in [0, 0.05) is 37.5 Å². The number of likely N-dealkylation sites (tertiary alicyclic amines) is 1. The topological polar surface area (TPSA) is 61.4 Å². The van der Waals surface area contributed by atoms with Crippen LogP contribution in [-0.2, 0) is 22.7 Å². The highest BCUT2D eigenvalue weighted by atomic mass is 16.2. The van der Waals surface area contributed by atoms with Crippen molar-refractivity contribution in [1.29, 1.82) is 0 Å². The number of nitrogens with one attached hydrogen (secondary N) is 2. The molecule has 4 fully saturated rings. The Labute approximate surface area is 203 Å². The van der Waals surface area contributed by atoms with Gasteiger partial charge in [0.15, 0.2) is 0 Å². The molecule has 0 spiro atoms.